The standard InChI is InChI=1S/C14H20N2O/c1-11-10-16(9-8-14(11)15-17)12(2)13-6-4-3-5-7-13/h3-7,11-12,17H,8-10H2,1-2H3/b15-14-. The molecule has 2 unspecified atom stereocenters. The van der Waals surface area contributed by atoms with Crippen LogP contribution >= 0.6 is 0 Å². The van der Waals surface area contributed by atoms with E-state index < -0.39 is 0 Å². The summed E-state index contributed by atoms with van der Waals surface area (Å²) in [5.41, 5.74) is 2.28. The maximum absolute atomic E-state index is 8.87. The third-order valence-corrected chi connectivity index (χ3v) is 3.69. The zero-order valence-corrected chi connectivity index (χ0v) is 10.5. The van der Waals surface area contributed by atoms with Crippen LogP contribution in [0.3, 0.4) is 0 Å². The van der Waals surface area contributed by atoms with Crippen molar-refractivity contribution in [3.8, 4) is 0 Å². The molecule has 3 heteroatoms. The molecule has 92 valence electrons. The van der Waals surface area contributed by atoms with Crippen LogP contribution in [0.1, 0.15) is 31.9 Å². The van der Waals surface area contributed by atoms with Gasteiger partial charge in [0.15, 0.2) is 0 Å². The summed E-state index contributed by atoms with van der Waals surface area (Å²) in [6.45, 7) is 6.30. The van der Waals surface area contributed by atoms with Crippen molar-refractivity contribution in [1.29, 1.82) is 0 Å². The topological polar surface area (TPSA) is 35.8 Å². The predicted octanol–water partition coefficient (Wildman–Crippen LogP) is 2.92. The highest BCUT2D eigenvalue weighted by atomic mass is 16.4. The zero-order chi connectivity index (χ0) is 12.3. The molecule has 1 saturated heterocycles. The minimum Gasteiger partial charge on any atom is -0.411 e. The molecule has 1 aromatic carbocycles. The lowest BCUT2D eigenvalue weighted by molar-refractivity contribution is 0.183. The summed E-state index contributed by atoms with van der Waals surface area (Å²) in [5, 5.41) is 12.3. The van der Waals surface area contributed by atoms with E-state index in [1.165, 1.54) is 5.56 Å². The molecule has 1 aliphatic heterocycles. The molecule has 2 atom stereocenters. The van der Waals surface area contributed by atoms with Gasteiger partial charge in [-0.1, -0.05) is 42.4 Å². The van der Waals surface area contributed by atoms with E-state index in [9.17, 15) is 0 Å². The molecule has 0 aliphatic carbocycles. The van der Waals surface area contributed by atoms with E-state index in [-0.39, 0.29) is 0 Å². The normalized spacial score (nSPS) is 26.0. The van der Waals surface area contributed by atoms with Gasteiger partial charge in [0.1, 0.15) is 0 Å². The number of oxime groups is 1. The minimum absolute atomic E-state index is 0.347. The van der Waals surface area contributed by atoms with E-state index in [1.54, 1.807) is 0 Å². The Hall–Kier alpha value is -1.35. The zero-order valence-electron chi connectivity index (χ0n) is 10.5. The maximum Gasteiger partial charge on any atom is 0.0624 e. The monoisotopic (exact) mass is 232 g/mol. The number of rotatable bonds is 2. The van der Waals surface area contributed by atoms with E-state index in [2.05, 4.69) is 48.2 Å². The van der Waals surface area contributed by atoms with Gasteiger partial charge < -0.3 is 5.21 Å². The number of hydrogen-bond donors (Lipinski definition) is 1. The van der Waals surface area contributed by atoms with Gasteiger partial charge in [-0.2, -0.15) is 0 Å². The Kier molecular flexibility index (Phi) is 3.79. The second kappa shape index (κ2) is 5.32. The molecule has 2 rings (SSSR count). The third-order valence-electron chi connectivity index (χ3n) is 3.69. The van der Waals surface area contributed by atoms with Crippen LogP contribution in [0, 0.1) is 5.92 Å². The fourth-order valence-electron chi connectivity index (χ4n) is 2.50. The first-order valence-electron chi connectivity index (χ1n) is 6.22. The van der Waals surface area contributed by atoms with E-state index in [4.69, 9.17) is 5.21 Å². The maximum atomic E-state index is 8.87. The molecule has 1 aliphatic rings. The van der Waals surface area contributed by atoms with Crippen LogP contribution in [-0.4, -0.2) is 28.9 Å². The van der Waals surface area contributed by atoms with E-state index >= 15 is 0 Å². The van der Waals surface area contributed by atoms with Gasteiger partial charge in [-0.15, -0.1) is 0 Å². The molecular weight excluding hydrogens is 212 g/mol. The quantitative estimate of drug-likeness (QED) is 0.628. The Balaban J connectivity index is 2.05. The largest absolute Gasteiger partial charge is 0.411 e. The Morgan fingerprint density at radius 1 is 1.35 bits per heavy atom. The van der Waals surface area contributed by atoms with Gasteiger partial charge in [0.05, 0.1) is 5.71 Å². The third kappa shape index (κ3) is 2.67. The van der Waals surface area contributed by atoms with E-state index in [0.717, 1.165) is 25.2 Å². The summed E-state index contributed by atoms with van der Waals surface area (Å²) in [5.74, 6) is 0.347. The summed E-state index contributed by atoms with van der Waals surface area (Å²) in [4.78, 5) is 2.45. The van der Waals surface area contributed by atoms with Crippen molar-refractivity contribution in [2.45, 2.75) is 26.3 Å². The number of hydrogen-bond acceptors (Lipinski definition) is 3. The molecule has 1 heterocycles. The van der Waals surface area contributed by atoms with Crippen molar-refractivity contribution < 1.29 is 5.21 Å². The highest BCUT2D eigenvalue weighted by Gasteiger charge is 2.26. The summed E-state index contributed by atoms with van der Waals surface area (Å²) >= 11 is 0. The van der Waals surface area contributed by atoms with Crippen molar-refractivity contribution in [1.82, 2.24) is 4.90 Å². The molecule has 1 N–H and O–H groups in total. The molecule has 1 fully saturated rings. The van der Waals surface area contributed by atoms with Gasteiger partial charge >= 0.3 is 0 Å². The number of piperidine rings is 1. The van der Waals surface area contributed by atoms with Gasteiger partial charge in [-0.05, 0) is 12.5 Å². The summed E-state index contributed by atoms with van der Waals surface area (Å²) in [6.07, 6.45) is 0.870. The van der Waals surface area contributed by atoms with Gasteiger partial charge in [0, 0.05) is 31.5 Å². The highest BCUT2D eigenvalue weighted by Crippen LogP contribution is 2.25. The Morgan fingerprint density at radius 3 is 2.65 bits per heavy atom. The van der Waals surface area contributed by atoms with Crippen LogP contribution in [-0.2, 0) is 0 Å². The minimum atomic E-state index is 0.347. The first-order chi connectivity index (χ1) is 8.22. The fraction of sp³-hybridized carbons (Fsp3) is 0.500. The lowest BCUT2D eigenvalue weighted by atomic mass is 9.95. The average Bonchev–Trinajstić information content (AvgIpc) is 2.39. The van der Waals surface area contributed by atoms with Crippen LogP contribution in [0.25, 0.3) is 0 Å². The van der Waals surface area contributed by atoms with Gasteiger partial charge in [0.25, 0.3) is 0 Å². The molecule has 0 aromatic heterocycles. The Bertz CT molecular complexity index is 388. The Labute approximate surface area is 103 Å². The molecule has 0 bridgehead atoms. The SMILES string of the molecule is CC1CN(C(C)c2ccccc2)CC/C1=N/O. The molecule has 0 spiro atoms. The second-order valence-corrected chi connectivity index (χ2v) is 4.82. The fourth-order valence-corrected chi connectivity index (χ4v) is 2.50. The van der Waals surface area contributed by atoms with Crippen LogP contribution in [0.4, 0.5) is 0 Å². The Morgan fingerprint density at radius 2 is 2.06 bits per heavy atom. The van der Waals surface area contributed by atoms with Gasteiger partial charge in [-0.3, -0.25) is 4.90 Å². The smallest absolute Gasteiger partial charge is 0.0624 e. The van der Waals surface area contributed by atoms with Gasteiger partial charge in [-0.25, -0.2) is 0 Å². The lowest BCUT2D eigenvalue weighted by Gasteiger charge is -2.36. The van der Waals surface area contributed by atoms with Crippen molar-refractivity contribution >= 4 is 5.71 Å². The van der Waals surface area contributed by atoms with E-state index in [0.29, 0.717) is 12.0 Å². The first-order valence-corrected chi connectivity index (χ1v) is 6.22. The van der Waals surface area contributed by atoms with Crippen LogP contribution < -0.4 is 0 Å². The first kappa shape index (κ1) is 12.1. The average molecular weight is 232 g/mol. The molecular formula is C14H20N2O. The van der Waals surface area contributed by atoms with Crippen molar-refractivity contribution in [3.05, 3.63) is 35.9 Å². The van der Waals surface area contributed by atoms with Crippen LogP contribution in [0.2, 0.25) is 0 Å². The number of nitrogens with zero attached hydrogens (tertiary/aromatic N) is 2. The van der Waals surface area contributed by atoms with Crippen molar-refractivity contribution in [3.63, 3.8) is 0 Å². The molecule has 1 aromatic rings. The molecule has 3 nitrogen and oxygen atoms in total. The van der Waals surface area contributed by atoms with Crippen molar-refractivity contribution in [2.75, 3.05) is 13.1 Å². The van der Waals surface area contributed by atoms with Gasteiger partial charge in [0.2, 0.25) is 0 Å². The van der Waals surface area contributed by atoms with E-state index in [1.807, 2.05) is 6.07 Å². The summed E-state index contributed by atoms with van der Waals surface area (Å²) in [7, 11) is 0. The van der Waals surface area contributed by atoms with Crippen molar-refractivity contribution in [2.24, 2.45) is 11.1 Å². The predicted molar refractivity (Wildman–Crippen MR) is 69.4 cm³/mol. The summed E-state index contributed by atoms with van der Waals surface area (Å²) < 4.78 is 0. The van der Waals surface area contributed by atoms with Crippen LogP contribution in [0.15, 0.2) is 35.5 Å². The number of likely N-dealkylation sites (tertiary alicyclic amines) is 1. The lowest BCUT2D eigenvalue weighted by Crippen LogP contribution is -2.41. The molecule has 0 radical (unpaired) electrons. The molecule has 0 amide bonds. The highest BCUT2D eigenvalue weighted by molar-refractivity contribution is 5.87. The number of benzene rings is 1. The second-order valence-electron chi connectivity index (χ2n) is 4.82. The van der Waals surface area contributed by atoms with Crippen LogP contribution in [0.5, 0.6) is 0 Å². The summed E-state index contributed by atoms with van der Waals surface area (Å²) in [6, 6.07) is 11.0. The molecule has 17 heavy (non-hydrogen) atoms. The molecule has 0 saturated carbocycles.